The normalized spacial score (nSPS) is 19.6. The molecule has 3 heteroatoms. The third kappa shape index (κ3) is 3.30. The van der Waals surface area contributed by atoms with Crippen LogP contribution in [0.4, 0.5) is 0 Å². The summed E-state index contributed by atoms with van der Waals surface area (Å²) in [6.07, 6.45) is 3.06. The van der Waals surface area contributed by atoms with Crippen LogP contribution in [0.25, 0.3) is 0 Å². The van der Waals surface area contributed by atoms with E-state index >= 15 is 0 Å². The monoisotopic (exact) mass is 239 g/mol. The molecule has 0 radical (unpaired) electrons. The van der Waals surface area contributed by atoms with Gasteiger partial charge < -0.3 is 10.1 Å². The predicted octanol–water partition coefficient (Wildman–Crippen LogP) is 3.21. The fourth-order valence-electron chi connectivity index (χ4n) is 2.03. The maximum absolute atomic E-state index is 5.55. The van der Waals surface area contributed by atoms with E-state index in [1.54, 1.807) is 0 Å². The van der Waals surface area contributed by atoms with E-state index in [1.807, 2.05) is 18.3 Å². The molecule has 2 nitrogen and oxygen atoms in total. The molecule has 1 aromatic heterocycles. The van der Waals surface area contributed by atoms with Crippen LogP contribution in [0.5, 0.6) is 0 Å². The summed E-state index contributed by atoms with van der Waals surface area (Å²) in [6, 6.07) is 4.94. The summed E-state index contributed by atoms with van der Waals surface area (Å²) in [4.78, 5) is 1.48. The van der Waals surface area contributed by atoms with Crippen molar-refractivity contribution >= 4 is 11.3 Å². The highest BCUT2D eigenvalue weighted by atomic mass is 32.1. The molecule has 2 rings (SSSR count). The van der Waals surface area contributed by atoms with Gasteiger partial charge in [0.05, 0.1) is 6.10 Å². The lowest BCUT2D eigenvalue weighted by Crippen LogP contribution is -2.31. The van der Waals surface area contributed by atoms with E-state index in [9.17, 15) is 0 Å². The first-order valence-electron chi connectivity index (χ1n) is 6.19. The third-order valence-corrected chi connectivity index (χ3v) is 3.97. The molecule has 2 atom stereocenters. The number of ether oxygens (including phenoxy) is 1. The Morgan fingerprint density at radius 2 is 2.38 bits per heavy atom. The Balaban J connectivity index is 1.84. The van der Waals surface area contributed by atoms with Crippen molar-refractivity contribution in [3.63, 3.8) is 0 Å². The van der Waals surface area contributed by atoms with E-state index in [2.05, 4.69) is 29.8 Å². The molecule has 1 aliphatic carbocycles. The van der Waals surface area contributed by atoms with E-state index in [1.165, 1.54) is 17.7 Å². The number of rotatable bonds is 7. The Morgan fingerprint density at radius 1 is 1.56 bits per heavy atom. The molecule has 0 saturated heterocycles. The lowest BCUT2D eigenvalue weighted by molar-refractivity contribution is 0.0734. The van der Waals surface area contributed by atoms with Gasteiger partial charge in [-0.2, -0.15) is 0 Å². The van der Waals surface area contributed by atoms with Gasteiger partial charge in [-0.05, 0) is 44.1 Å². The topological polar surface area (TPSA) is 21.3 Å². The van der Waals surface area contributed by atoms with Gasteiger partial charge in [-0.3, -0.25) is 0 Å². The van der Waals surface area contributed by atoms with Crippen molar-refractivity contribution in [3.8, 4) is 0 Å². The summed E-state index contributed by atoms with van der Waals surface area (Å²) in [7, 11) is 0. The Morgan fingerprint density at radius 3 is 2.94 bits per heavy atom. The molecule has 1 aromatic rings. The van der Waals surface area contributed by atoms with Crippen molar-refractivity contribution in [2.45, 2.75) is 38.8 Å². The van der Waals surface area contributed by atoms with Crippen molar-refractivity contribution in [3.05, 3.63) is 22.4 Å². The zero-order valence-corrected chi connectivity index (χ0v) is 10.9. The third-order valence-electron chi connectivity index (χ3n) is 3.02. The van der Waals surface area contributed by atoms with Crippen molar-refractivity contribution in [2.24, 2.45) is 5.92 Å². The molecular weight excluding hydrogens is 218 g/mol. The van der Waals surface area contributed by atoms with Gasteiger partial charge in [-0.1, -0.05) is 6.07 Å². The van der Waals surface area contributed by atoms with Crippen LogP contribution in [0, 0.1) is 5.92 Å². The highest BCUT2D eigenvalue weighted by Crippen LogP contribution is 2.42. The fourth-order valence-corrected chi connectivity index (χ4v) is 2.93. The number of nitrogens with one attached hydrogen (secondary N) is 1. The Bertz CT molecular complexity index is 295. The first-order chi connectivity index (χ1) is 7.81. The van der Waals surface area contributed by atoms with Crippen molar-refractivity contribution in [1.29, 1.82) is 0 Å². The second-order valence-corrected chi connectivity index (χ2v) is 5.48. The second-order valence-electron chi connectivity index (χ2n) is 4.50. The van der Waals surface area contributed by atoms with Crippen LogP contribution in [0.15, 0.2) is 17.5 Å². The quantitative estimate of drug-likeness (QED) is 0.789. The summed E-state index contributed by atoms with van der Waals surface area (Å²) in [5.41, 5.74) is 0. The molecule has 0 aromatic carbocycles. The minimum atomic E-state index is 0.311. The van der Waals surface area contributed by atoms with Crippen LogP contribution in [0.2, 0.25) is 0 Å². The first-order valence-corrected chi connectivity index (χ1v) is 7.07. The molecule has 1 saturated carbocycles. The summed E-state index contributed by atoms with van der Waals surface area (Å²) in [5.74, 6) is 0.854. The van der Waals surface area contributed by atoms with Crippen LogP contribution in [-0.2, 0) is 4.74 Å². The van der Waals surface area contributed by atoms with Crippen molar-refractivity contribution < 1.29 is 4.74 Å². The molecule has 0 spiro atoms. The van der Waals surface area contributed by atoms with E-state index in [-0.39, 0.29) is 0 Å². The number of hydrogen-bond donors (Lipinski definition) is 1. The van der Waals surface area contributed by atoms with Gasteiger partial charge in [0.2, 0.25) is 0 Å². The highest BCUT2D eigenvalue weighted by Gasteiger charge is 2.32. The minimum absolute atomic E-state index is 0.311. The largest absolute Gasteiger partial charge is 0.377 e. The molecule has 1 fully saturated rings. The molecule has 2 unspecified atom stereocenters. The Labute approximate surface area is 102 Å². The van der Waals surface area contributed by atoms with Gasteiger partial charge in [0, 0.05) is 24.1 Å². The van der Waals surface area contributed by atoms with Crippen molar-refractivity contribution in [1.82, 2.24) is 5.32 Å². The van der Waals surface area contributed by atoms with Crippen LogP contribution in [0.1, 0.15) is 37.6 Å². The van der Waals surface area contributed by atoms with Gasteiger partial charge in [0.1, 0.15) is 0 Å². The average Bonchev–Trinajstić information content (AvgIpc) is 2.94. The summed E-state index contributed by atoms with van der Waals surface area (Å²) >= 11 is 1.86. The van der Waals surface area contributed by atoms with Gasteiger partial charge in [-0.15, -0.1) is 11.3 Å². The average molecular weight is 239 g/mol. The van der Waals surface area contributed by atoms with Crippen LogP contribution in [-0.4, -0.2) is 19.3 Å². The van der Waals surface area contributed by atoms with Gasteiger partial charge in [0.15, 0.2) is 0 Å². The van der Waals surface area contributed by atoms with E-state index in [0.717, 1.165) is 19.1 Å². The Kier molecular flexibility index (Phi) is 4.38. The maximum atomic E-state index is 5.55. The summed E-state index contributed by atoms with van der Waals surface area (Å²) < 4.78 is 5.55. The standard InChI is InChI=1S/C13H21NOS/c1-3-15-10(2)9-14-13(11-6-7-11)12-5-4-8-16-12/h4-5,8,10-11,13-14H,3,6-7,9H2,1-2H3. The molecule has 0 amide bonds. The van der Waals surface area contributed by atoms with Gasteiger partial charge in [0.25, 0.3) is 0 Å². The fraction of sp³-hybridized carbons (Fsp3) is 0.692. The van der Waals surface area contributed by atoms with Crippen LogP contribution in [0.3, 0.4) is 0 Å². The Hall–Kier alpha value is -0.380. The van der Waals surface area contributed by atoms with E-state index < -0.39 is 0 Å². The molecule has 0 aliphatic heterocycles. The maximum Gasteiger partial charge on any atom is 0.0671 e. The van der Waals surface area contributed by atoms with Crippen LogP contribution < -0.4 is 5.32 Å². The summed E-state index contributed by atoms with van der Waals surface area (Å²) in [5, 5.41) is 5.82. The zero-order valence-electron chi connectivity index (χ0n) is 10.1. The smallest absolute Gasteiger partial charge is 0.0671 e. The van der Waals surface area contributed by atoms with Gasteiger partial charge >= 0.3 is 0 Å². The highest BCUT2D eigenvalue weighted by molar-refractivity contribution is 7.10. The molecule has 0 bridgehead atoms. The number of hydrogen-bond acceptors (Lipinski definition) is 3. The van der Waals surface area contributed by atoms with Gasteiger partial charge in [-0.25, -0.2) is 0 Å². The SMILES string of the molecule is CCOC(C)CNC(c1cccs1)C1CC1. The first kappa shape index (κ1) is 12.1. The van der Waals surface area contributed by atoms with E-state index in [4.69, 9.17) is 4.74 Å². The molecule has 1 N–H and O–H groups in total. The second kappa shape index (κ2) is 5.80. The predicted molar refractivity (Wildman–Crippen MR) is 68.9 cm³/mol. The zero-order chi connectivity index (χ0) is 11.4. The van der Waals surface area contributed by atoms with Crippen LogP contribution >= 0.6 is 11.3 Å². The lowest BCUT2D eigenvalue weighted by atomic mass is 10.1. The van der Waals surface area contributed by atoms with E-state index in [0.29, 0.717) is 12.1 Å². The lowest BCUT2D eigenvalue weighted by Gasteiger charge is -2.20. The molecule has 1 heterocycles. The molecule has 1 aliphatic rings. The molecular formula is C13H21NOS. The molecule has 90 valence electrons. The van der Waals surface area contributed by atoms with Crippen molar-refractivity contribution in [2.75, 3.05) is 13.2 Å². The summed E-state index contributed by atoms with van der Waals surface area (Å²) in [6.45, 7) is 5.94. The molecule has 16 heavy (non-hydrogen) atoms. The minimum Gasteiger partial charge on any atom is -0.377 e. The number of thiophene rings is 1.